The number of halogens is 1. The van der Waals surface area contributed by atoms with E-state index in [-0.39, 0.29) is 6.04 Å². The molecule has 1 aromatic heterocycles. The predicted octanol–water partition coefficient (Wildman–Crippen LogP) is -0.162. The van der Waals surface area contributed by atoms with Crippen LogP contribution in [0.1, 0.15) is 11.7 Å². The van der Waals surface area contributed by atoms with Crippen LogP contribution in [-0.4, -0.2) is 70.6 Å². The molecule has 2 unspecified atom stereocenters. The summed E-state index contributed by atoms with van der Waals surface area (Å²) in [7, 11) is 3.97. The lowest BCUT2D eigenvalue weighted by atomic mass is 9.98. The first kappa shape index (κ1) is 12.5. The number of aromatic nitrogens is 3. The molecule has 2 atom stereocenters. The fourth-order valence-electron chi connectivity index (χ4n) is 3.15. The fourth-order valence-corrected chi connectivity index (χ4v) is 3.73. The monoisotopic (exact) mass is 314 g/mol. The molecule has 0 radical (unpaired) electrons. The van der Waals surface area contributed by atoms with Gasteiger partial charge >= 0.3 is 0 Å². The molecule has 3 aliphatic rings. The number of likely N-dealkylation sites (N-methyl/N-ethyl adjacent to an activating group) is 1. The summed E-state index contributed by atoms with van der Waals surface area (Å²) in [4.78, 5) is 5.13. The third-order valence-electron chi connectivity index (χ3n) is 4.14. The van der Waals surface area contributed by atoms with Crippen LogP contribution in [0.25, 0.3) is 0 Å². The molecule has 4 rings (SSSR count). The Morgan fingerprint density at radius 1 is 1.33 bits per heavy atom. The van der Waals surface area contributed by atoms with Gasteiger partial charge in [-0.3, -0.25) is 9.80 Å². The number of fused-ring (bicyclic) bond motifs is 3. The van der Waals surface area contributed by atoms with Crippen LogP contribution in [0, 0.1) is 0 Å². The molecular formula is C11H19BrN6. The molecule has 0 saturated carbocycles. The van der Waals surface area contributed by atoms with Gasteiger partial charge in [-0.05, 0) is 23.0 Å². The highest BCUT2D eigenvalue weighted by Gasteiger charge is 2.38. The molecule has 0 amide bonds. The van der Waals surface area contributed by atoms with Crippen LogP contribution in [0.4, 0.5) is 0 Å². The van der Waals surface area contributed by atoms with Gasteiger partial charge in [0.25, 0.3) is 0 Å². The van der Waals surface area contributed by atoms with E-state index in [0.717, 1.165) is 16.8 Å². The molecule has 3 saturated heterocycles. The van der Waals surface area contributed by atoms with Gasteiger partial charge < -0.3 is 5.32 Å². The lowest BCUT2D eigenvalue weighted by Crippen LogP contribution is -2.63. The Balaban J connectivity index is 1.89. The van der Waals surface area contributed by atoms with Crippen LogP contribution in [0.15, 0.2) is 4.60 Å². The highest BCUT2D eigenvalue weighted by atomic mass is 79.9. The lowest BCUT2D eigenvalue weighted by molar-refractivity contribution is -0.00380. The molecule has 1 N–H and O–H groups in total. The van der Waals surface area contributed by atoms with E-state index in [1.54, 1.807) is 0 Å². The predicted molar refractivity (Wildman–Crippen MR) is 72.3 cm³/mol. The van der Waals surface area contributed by atoms with Crippen LogP contribution in [0.5, 0.6) is 0 Å². The van der Waals surface area contributed by atoms with Gasteiger partial charge in [0, 0.05) is 45.8 Å². The molecule has 3 fully saturated rings. The van der Waals surface area contributed by atoms with Gasteiger partial charge in [0.15, 0.2) is 4.60 Å². The highest BCUT2D eigenvalue weighted by molar-refractivity contribution is 9.10. The summed E-state index contributed by atoms with van der Waals surface area (Å²) in [6.45, 7) is 5.89. The van der Waals surface area contributed by atoms with Gasteiger partial charge in [-0.2, -0.15) is 0 Å². The van der Waals surface area contributed by atoms with Crippen molar-refractivity contribution in [2.75, 3.05) is 39.8 Å². The van der Waals surface area contributed by atoms with Gasteiger partial charge in [0.05, 0.1) is 11.7 Å². The van der Waals surface area contributed by atoms with Crippen LogP contribution in [0.3, 0.4) is 0 Å². The highest BCUT2D eigenvalue weighted by Crippen LogP contribution is 2.29. The maximum atomic E-state index is 4.10. The zero-order chi connectivity index (χ0) is 12.7. The van der Waals surface area contributed by atoms with Gasteiger partial charge in [-0.15, -0.1) is 5.10 Å². The number of piperazine rings is 3. The molecule has 4 heterocycles. The summed E-state index contributed by atoms with van der Waals surface area (Å²) in [6, 6.07) is 0.772. The fraction of sp³-hybridized carbons (Fsp3) is 0.818. The van der Waals surface area contributed by atoms with Crippen LogP contribution in [0.2, 0.25) is 0 Å². The van der Waals surface area contributed by atoms with Gasteiger partial charge in [-0.1, -0.05) is 5.21 Å². The summed E-state index contributed by atoms with van der Waals surface area (Å²) < 4.78 is 2.71. The zero-order valence-electron chi connectivity index (χ0n) is 10.8. The maximum Gasteiger partial charge on any atom is 0.153 e. The standard InChI is InChI=1S/C11H19BrN6/c1-13-9(10-11(12)14-15-16(10)2)8-7-17-3-5-18(8)6-4-17/h8-9,13H,3-7H2,1-2H3. The van der Waals surface area contributed by atoms with Crippen molar-refractivity contribution < 1.29 is 0 Å². The zero-order valence-corrected chi connectivity index (χ0v) is 12.4. The summed E-state index contributed by atoms with van der Waals surface area (Å²) in [6.07, 6.45) is 0. The minimum Gasteiger partial charge on any atom is -0.310 e. The molecule has 18 heavy (non-hydrogen) atoms. The van der Waals surface area contributed by atoms with E-state index < -0.39 is 0 Å². The third-order valence-corrected chi connectivity index (χ3v) is 4.70. The third kappa shape index (κ3) is 1.99. The van der Waals surface area contributed by atoms with Crippen molar-refractivity contribution in [3.05, 3.63) is 10.3 Å². The van der Waals surface area contributed by atoms with Crippen LogP contribution >= 0.6 is 15.9 Å². The summed E-state index contributed by atoms with van der Waals surface area (Å²) >= 11 is 3.51. The molecule has 1 aromatic rings. The van der Waals surface area contributed by atoms with Gasteiger partial charge in [0.1, 0.15) is 0 Å². The van der Waals surface area contributed by atoms with Crippen molar-refractivity contribution in [3.63, 3.8) is 0 Å². The topological polar surface area (TPSA) is 49.2 Å². The first-order valence-corrected chi connectivity index (χ1v) is 7.18. The normalized spacial score (nSPS) is 32.7. The van der Waals surface area contributed by atoms with E-state index >= 15 is 0 Å². The molecule has 3 aliphatic heterocycles. The second-order valence-electron chi connectivity index (χ2n) is 5.06. The van der Waals surface area contributed by atoms with E-state index in [1.165, 1.54) is 26.2 Å². The van der Waals surface area contributed by atoms with Crippen molar-refractivity contribution >= 4 is 15.9 Å². The molecule has 0 aromatic carbocycles. The number of hydrogen-bond acceptors (Lipinski definition) is 5. The first-order chi connectivity index (χ1) is 8.70. The number of hydrogen-bond donors (Lipinski definition) is 1. The second-order valence-corrected chi connectivity index (χ2v) is 5.81. The minimum atomic E-state index is 0.266. The molecule has 6 nitrogen and oxygen atoms in total. The van der Waals surface area contributed by atoms with Crippen molar-refractivity contribution in [3.8, 4) is 0 Å². The average Bonchev–Trinajstić information content (AvgIpc) is 2.73. The van der Waals surface area contributed by atoms with Crippen LogP contribution < -0.4 is 5.32 Å². The molecular weight excluding hydrogens is 296 g/mol. The molecule has 7 heteroatoms. The Bertz CT molecular complexity index is 406. The van der Waals surface area contributed by atoms with E-state index in [9.17, 15) is 0 Å². The number of nitrogens with zero attached hydrogens (tertiary/aromatic N) is 5. The van der Waals surface area contributed by atoms with E-state index in [0.29, 0.717) is 6.04 Å². The Kier molecular flexibility index (Phi) is 3.40. The smallest absolute Gasteiger partial charge is 0.153 e. The minimum absolute atomic E-state index is 0.266. The number of rotatable bonds is 3. The second kappa shape index (κ2) is 4.88. The summed E-state index contributed by atoms with van der Waals surface area (Å²) in [5.74, 6) is 0. The summed E-state index contributed by atoms with van der Waals surface area (Å²) in [5.41, 5.74) is 1.14. The van der Waals surface area contributed by atoms with Gasteiger partial charge in [0.2, 0.25) is 0 Å². The SMILES string of the molecule is CNC(c1c(Br)nnn1C)C1CN2CCN1CC2. The molecule has 100 valence electrons. The molecule has 0 spiro atoms. The summed E-state index contributed by atoms with van der Waals surface area (Å²) in [5, 5.41) is 11.6. The quantitative estimate of drug-likeness (QED) is 0.840. The van der Waals surface area contributed by atoms with Crippen molar-refractivity contribution in [1.82, 2.24) is 30.1 Å². The number of nitrogens with one attached hydrogen (secondary N) is 1. The Labute approximate surface area is 115 Å². The number of aryl methyl sites for hydroxylation is 1. The van der Waals surface area contributed by atoms with E-state index in [1.807, 2.05) is 18.8 Å². The first-order valence-electron chi connectivity index (χ1n) is 6.39. The molecule has 0 aliphatic carbocycles. The Hall–Kier alpha value is -0.500. The van der Waals surface area contributed by atoms with E-state index in [2.05, 4.69) is 41.4 Å². The lowest BCUT2D eigenvalue weighted by Gasteiger charge is -2.50. The van der Waals surface area contributed by atoms with Crippen molar-refractivity contribution in [2.24, 2.45) is 7.05 Å². The van der Waals surface area contributed by atoms with Gasteiger partial charge in [-0.25, -0.2) is 4.68 Å². The van der Waals surface area contributed by atoms with Crippen molar-refractivity contribution in [1.29, 1.82) is 0 Å². The van der Waals surface area contributed by atoms with E-state index in [4.69, 9.17) is 0 Å². The molecule has 2 bridgehead atoms. The Morgan fingerprint density at radius 3 is 2.50 bits per heavy atom. The van der Waals surface area contributed by atoms with Crippen LogP contribution in [-0.2, 0) is 7.05 Å². The van der Waals surface area contributed by atoms with Crippen molar-refractivity contribution in [2.45, 2.75) is 12.1 Å². The Morgan fingerprint density at radius 2 is 2.06 bits per heavy atom. The average molecular weight is 315 g/mol. The largest absolute Gasteiger partial charge is 0.310 e. The maximum absolute atomic E-state index is 4.10.